The summed E-state index contributed by atoms with van der Waals surface area (Å²) in [6, 6.07) is 0.766. The van der Waals surface area contributed by atoms with Gasteiger partial charge < -0.3 is 5.73 Å². The van der Waals surface area contributed by atoms with Gasteiger partial charge in [-0.2, -0.15) is 0 Å². The van der Waals surface area contributed by atoms with Gasteiger partial charge >= 0.3 is 0 Å². The highest BCUT2D eigenvalue weighted by Gasteiger charge is 2.31. The topological polar surface area (TPSA) is 46.3 Å². The number of amides is 1. The van der Waals surface area contributed by atoms with Crippen molar-refractivity contribution in [3.05, 3.63) is 0 Å². The number of nitrogens with two attached hydrogens (primary N) is 1. The van der Waals surface area contributed by atoms with E-state index in [-0.39, 0.29) is 11.8 Å². The lowest BCUT2D eigenvalue weighted by Crippen LogP contribution is -2.48. The van der Waals surface area contributed by atoms with E-state index in [0.29, 0.717) is 0 Å². The van der Waals surface area contributed by atoms with E-state index >= 15 is 0 Å². The second-order valence-corrected chi connectivity index (χ2v) is 4.32. The summed E-state index contributed by atoms with van der Waals surface area (Å²) in [5.41, 5.74) is 5.32. The number of piperidine rings is 1. The molecule has 1 unspecified atom stereocenters. The van der Waals surface area contributed by atoms with Crippen LogP contribution >= 0.6 is 0 Å². The molecule has 1 aliphatic carbocycles. The fraction of sp³-hybridized carbons (Fsp3) is 0.900. The highest BCUT2D eigenvalue weighted by Crippen LogP contribution is 2.28. The van der Waals surface area contributed by atoms with E-state index in [1.165, 1.54) is 25.8 Å². The van der Waals surface area contributed by atoms with Crippen molar-refractivity contribution in [2.45, 2.75) is 38.1 Å². The van der Waals surface area contributed by atoms with Crippen molar-refractivity contribution in [1.29, 1.82) is 0 Å². The average Bonchev–Trinajstić information content (AvgIpc) is 2.01. The Morgan fingerprint density at radius 3 is 2.54 bits per heavy atom. The summed E-state index contributed by atoms with van der Waals surface area (Å²) >= 11 is 0. The van der Waals surface area contributed by atoms with E-state index in [9.17, 15) is 4.79 Å². The van der Waals surface area contributed by atoms with Gasteiger partial charge in [0.05, 0.1) is 5.92 Å². The van der Waals surface area contributed by atoms with Crippen LogP contribution in [0, 0.1) is 5.92 Å². The zero-order valence-electron chi connectivity index (χ0n) is 8.04. The molecule has 0 radical (unpaired) electrons. The molecular formula is C10H18N2O. The molecule has 1 saturated heterocycles. The Kier molecular flexibility index (Phi) is 2.54. The molecule has 0 aromatic rings. The predicted molar refractivity (Wildman–Crippen MR) is 51.1 cm³/mol. The summed E-state index contributed by atoms with van der Waals surface area (Å²) in [7, 11) is 0. The molecule has 0 bridgehead atoms. The summed E-state index contributed by atoms with van der Waals surface area (Å²) in [5, 5.41) is 0. The lowest BCUT2D eigenvalue weighted by Gasteiger charge is -2.41. The van der Waals surface area contributed by atoms with Gasteiger partial charge in [0.1, 0.15) is 0 Å². The highest BCUT2D eigenvalue weighted by atomic mass is 16.1. The van der Waals surface area contributed by atoms with Crippen molar-refractivity contribution in [2.75, 3.05) is 13.1 Å². The Morgan fingerprint density at radius 2 is 2.00 bits per heavy atom. The Labute approximate surface area is 79.3 Å². The monoisotopic (exact) mass is 182 g/mol. The van der Waals surface area contributed by atoms with Crippen LogP contribution < -0.4 is 5.73 Å². The maximum Gasteiger partial charge on any atom is 0.221 e. The molecule has 74 valence electrons. The van der Waals surface area contributed by atoms with Crippen LogP contribution in [0.3, 0.4) is 0 Å². The van der Waals surface area contributed by atoms with Crippen LogP contribution in [0.1, 0.15) is 32.1 Å². The lowest BCUT2D eigenvalue weighted by molar-refractivity contribution is -0.124. The van der Waals surface area contributed by atoms with Crippen molar-refractivity contribution >= 4 is 5.91 Å². The first-order chi connectivity index (χ1) is 6.27. The molecule has 13 heavy (non-hydrogen) atoms. The van der Waals surface area contributed by atoms with Crippen LogP contribution in [-0.2, 0) is 4.79 Å². The van der Waals surface area contributed by atoms with Crippen LogP contribution in [0.5, 0.6) is 0 Å². The summed E-state index contributed by atoms with van der Waals surface area (Å²) < 4.78 is 0. The van der Waals surface area contributed by atoms with Gasteiger partial charge in [-0.15, -0.1) is 0 Å². The molecule has 1 amide bonds. The first-order valence-electron chi connectivity index (χ1n) is 5.31. The third kappa shape index (κ3) is 1.85. The number of hydrogen-bond acceptors (Lipinski definition) is 2. The second kappa shape index (κ2) is 3.66. The molecule has 1 atom stereocenters. The van der Waals surface area contributed by atoms with Gasteiger partial charge in [0.2, 0.25) is 5.91 Å². The minimum Gasteiger partial charge on any atom is -0.369 e. The number of nitrogens with zero attached hydrogens (tertiary/aromatic N) is 1. The minimum atomic E-state index is -0.107. The van der Waals surface area contributed by atoms with E-state index in [4.69, 9.17) is 5.73 Å². The number of carbonyl (C=O) groups is 1. The van der Waals surface area contributed by atoms with Crippen molar-refractivity contribution in [3.8, 4) is 0 Å². The summed E-state index contributed by atoms with van der Waals surface area (Å²) in [5.74, 6) is 0.0124. The fourth-order valence-corrected chi connectivity index (χ4v) is 2.32. The average molecular weight is 182 g/mol. The van der Waals surface area contributed by atoms with Crippen molar-refractivity contribution < 1.29 is 4.79 Å². The molecular weight excluding hydrogens is 164 g/mol. The van der Waals surface area contributed by atoms with Crippen molar-refractivity contribution in [2.24, 2.45) is 11.7 Å². The first-order valence-corrected chi connectivity index (χ1v) is 5.31. The van der Waals surface area contributed by atoms with E-state index in [1.807, 2.05) is 0 Å². The van der Waals surface area contributed by atoms with Gasteiger partial charge in [-0.05, 0) is 32.2 Å². The second-order valence-electron chi connectivity index (χ2n) is 4.32. The Morgan fingerprint density at radius 1 is 1.23 bits per heavy atom. The number of rotatable bonds is 2. The number of likely N-dealkylation sites (tertiary alicyclic amines) is 1. The zero-order valence-corrected chi connectivity index (χ0v) is 8.04. The Hall–Kier alpha value is -0.570. The zero-order chi connectivity index (χ0) is 9.26. The highest BCUT2D eigenvalue weighted by molar-refractivity contribution is 5.76. The van der Waals surface area contributed by atoms with Gasteiger partial charge in [0.15, 0.2) is 0 Å². The van der Waals surface area contributed by atoms with Gasteiger partial charge in [0.25, 0.3) is 0 Å². The van der Waals surface area contributed by atoms with Gasteiger partial charge in [-0.25, -0.2) is 0 Å². The van der Waals surface area contributed by atoms with Gasteiger partial charge in [0, 0.05) is 12.6 Å². The van der Waals surface area contributed by atoms with Crippen LogP contribution in [-0.4, -0.2) is 29.9 Å². The summed E-state index contributed by atoms with van der Waals surface area (Å²) in [6.45, 7) is 2.09. The SMILES string of the molecule is NC(=O)C1CCCN(C2CCC2)C1. The molecule has 3 nitrogen and oxygen atoms in total. The molecule has 1 saturated carbocycles. The first kappa shape index (κ1) is 9.00. The van der Waals surface area contributed by atoms with E-state index in [0.717, 1.165) is 25.4 Å². The van der Waals surface area contributed by atoms with E-state index in [1.54, 1.807) is 0 Å². The lowest BCUT2D eigenvalue weighted by atomic mass is 9.87. The van der Waals surface area contributed by atoms with Gasteiger partial charge in [-0.1, -0.05) is 6.42 Å². The number of hydrogen-bond donors (Lipinski definition) is 1. The Balaban J connectivity index is 1.87. The molecule has 0 aromatic carbocycles. The smallest absolute Gasteiger partial charge is 0.221 e. The molecule has 2 aliphatic rings. The molecule has 2 fully saturated rings. The maximum atomic E-state index is 11.0. The van der Waals surface area contributed by atoms with E-state index in [2.05, 4.69) is 4.90 Å². The minimum absolute atomic E-state index is 0.107. The maximum absolute atomic E-state index is 11.0. The van der Waals surface area contributed by atoms with Crippen LogP contribution in [0.25, 0.3) is 0 Å². The molecule has 0 aromatic heterocycles. The molecule has 3 heteroatoms. The molecule has 1 aliphatic heterocycles. The largest absolute Gasteiger partial charge is 0.369 e. The molecule has 0 spiro atoms. The fourth-order valence-electron chi connectivity index (χ4n) is 2.32. The molecule has 2 N–H and O–H groups in total. The van der Waals surface area contributed by atoms with Crippen molar-refractivity contribution in [3.63, 3.8) is 0 Å². The standard InChI is InChI=1S/C10H18N2O/c11-10(13)8-3-2-6-12(7-8)9-4-1-5-9/h8-9H,1-7H2,(H2,11,13). The quantitative estimate of drug-likeness (QED) is 0.684. The van der Waals surface area contributed by atoms with E-state index < -0.39 is 0 Å². The molecule has 2 rings (SSSR count). The van der Waals surface area contributed by atoms with Crippen molar-refractivity contribution in [1.82, 2.24) is 4.90 Å². The third-order valence-electron chi connectivity index (χ3n) is 3.45. The number of primary amides is 1. The molecule has 1 heterocycles. The normalized spacial score (nSPS) is 31.2. The predicted octanol–water partition coefficient (Wildman–Crippen LogP) is 0.736. The van der Waals surface area contributed by atoms with Gasteiger partial charge in [-0.3, -0.25) is 9.69 Å². The third-order valence-corrected chi connectivity index (χ3v) is 3.45. The summed E-state index contributed by atoms with van der Waals surface area (Å²) in [4.78, 5) is 13.5. The van der Waals surface area contributed by atoms with Crippen LogP contribution in [0.2, 0.25) is 0 Å². The van der Waals surface area contributed by atoms with Crippen LogP contribution in [0.15, 0.2) is 0 Å². The number of carbonyl (C=O) groups excluding carboxylic acids is 1. The van der Waals surface area contributed by atoms with Crippen LogP contribution in [0.4, 0.5) is 0 Å². The summed E-state index contributed by atoms with van der Waals surface area (Å²) in [6.07, 6.45) is 6.15. The Bertz CT molecular complexity index is 201.